The van der Waals surface area contributed by atoms with Crippen LogP contribution in [0.25, 0.3) is 0 Å². The van der Waals surface area contributed by atoms with Gasteiger partial charge in [0.2, 0.25) is 5.91 Å². The molecule has 0 saturated heterocycles. The Balaban J connectivity index is 2.21. The molecule has 0 aliphatic rings. The number of nitrogens with zero attached hydrogens (tertiary/aromatic N) is 1. The predicted octanol–water partition coefficient (Wildman–Crippen LogP) is 4.35. The van der Waals surface area contributed by atoms with Crippen LogP contribution in [0.5, 0.6) is 5.75 Å². The van der Waals surface area contributed by atoms with E-state index >= 15 is 0 Å². The third-order valence-corrected chi connectivity index (χ3v) is 5.29. The van der Waals surface area contributed by atoms with Crippen molar-refractivity contribution in [2.45, 2.75) is 46.6 Å². The molecule has 1 atom stereocenters. The van der Waals surface area contributed by atoms with Crippen LogP contribution in [0.1, 0.15) is 61.3 Å². The Labute approximate surface area is 196 Å². The van der Waals surface area contributed by atoms with Crippen molar-refractivity contribution in [3.8, 4) is 5.75 Å². The van der Waals surface area contributed by atoms with E-state index in [0.717, 1.165) is 12.8 Å². The van der Waals surface area contributed by atoms with Crippen LogP contribution in [-0.4, -0.2) is 48.9 Å². The summed E-state index contributed by atoms with van der Waals surface area (Å²) >= 11 is 0. The highest BCUT2D eigenvalue weighted by atomic mass is 16.5. The second-order valence-electron chi connectivity index (χ2n) is 8.25. The summed E-state index contributed by atoms with van der Waals surface area (Å²) in [5.74, 6) is -0.261. The third kappa shape index (κ3) is 7.07. The molecule has 0 heterocycles. The number of carbonyl (C=O) groups is 3. The number of hydrogen-bond donors (Lipinski definition) is 2. The van der Waals surface area contributed by atoms with Gasteiger partial charge in [-0.05, 0) is 55.2 Å². The third-order valence-electron chi connectivity index (χ3n) is 5.29. The summed E-state index contributed by atoms with van der Waals surface area (Å²) in [4.78, 5) is 40.9. The van der Waals surface area contributed by atoms with Crippen LogP contribution in [0.3, 0.4) is 0 Å². The van der Waals surface area contributed by atoms with Crippen LogP contribution < -0.4 is 15.4 Å². The van der Waals surface area contributed by atoms with Crippen molar-refractivity contribution in [3.05, 3.63) is 59.7 Å². The fourth-order valence-corrected chi connectivity index (χ4v) is 3.53. The molecule has 0 spiro atoms. The zero-order valence-electron chi connectivity index (χ0n) is 20.2. The van der Waals surface area contributed by atoms with E-state index in [1.165, 1.54) is 0 Å². The van der Waals surface area contributed by atoms with E-state index in [0.29, 0.717) is 35.7 Å². The van der Waals surface area contributed by atoms with Crippen LogP contribution in [-0.2, 0) is 4.79 Å². The lowest BCUT2D eigenvalue weighted by Crippen LogP contribution is -2.51. The van der Waals surface area contributed by atoms with Gasteiger partial charge in [-0.15, -0.1) is 0 Å². The highest BCUT2D eigenvalue weighted by Gasteiger charge is 2.29. The van der Waals surface area contributed by atoms with Crippen LogP contribution in [0.4, 0.5) is 5.69 Å². The molecule has 0 unspecified atom stereocenters. The smallest absolute Gasteiger partial charge is 0.255 e. The molecular weight excluding hydrogens is 418 g/mol. The number of carbonyl (C=O) groups excluding carboxylic acids is 3. The molecule has 0 saturated carbocycles. The first-order valence-corrected chi connectivity index (χ1v) is 11.5. The lowest BCUT2D eigenvalue weighted by molar-refractivity contribution is -0.134. The lowest BCUT2D eigenvalue weighted by Gasteiger charge is -2.29. The monoisotopic (exact) mass is 453 g/mol. The Kier molecular flexibility index (Phi) is 9.91. The number of rotatable bonds is 11. The Morgan fingerprint density at radius 1 is 0.909 bits per heavy atom. The molecule has 0 aliphatic heterocycles. The minimum absolute atomic E-state index is 0.0817. The van der Waals surface area contributed by atoms with Crippen molar-refractivity contribution in [3.63, 3.8) is 0 Å². The summed E-state index contributed by atoms with van der Waals surface area (Å²) in [7, 11) is 1.56. The van der Waals surface area contributed by atoms with Gasteiger partial charge in [-0.2, -0.15) is 0 Å². The molecule has 2 aromatic rings. The molecule has 0 radical (unpaired) electrons. The highest BCUT2D eigenvalue weighted by molar-refractivity contribution is 6.09. The van der Waals surface area contributed by atoms with E-state index in [2.05, 4.69) is 10.6 Å². The molecule has 33 heavy (non-hydrogen) atoms. The second-order valence-corrected chi connectivity index (χ2v) is 8.25. The molecule has 7 nitrogen and oxygen atoms in total. The van der Waals surface area contributed by atoms with E-state index < -0.39 is 11.9 Å². The number of ether oxygens (including phenoxy) is 1. The van der Waals surface area contributed by atoms with Gasteiger partial charge in [-0.3, -0.25) is 14.4 Å². The van der Waals surface area contributed by atoms with Crippen molar-refractivity contribution in [1.29, 1.82) is 0 Å². The van der Waals surface area contributed by atoms with Gasteiger partial charge in [0.25, 0.3) is 11.8 Å². The molecule has 0 fully saturated rings. The fourth-order valence-electron chi connectivity index (χ4n) is 3.53. The van der Waals surface area contributed by atoms with Gasteiger partial charge in [-0.25, -0.2) is 0 Å². The van der Waals surface area contributed by atoms with Crippen LogP contribution in [0, 0.1) is 5.92 Å². The van der Waals surface area contributed by atoms with Crippen molar-refractivity contribution in [2.75, 3.05) is 25.5 Å². The summed E-state index contributed by atoms with van der Waals surface area (Å²) in [6, 6.07) is 12.8. The van der Waals surface area contributed by atoms with Crippen molar-refractivity contribution in [1.82, 2.24) is 10.2 Å². The van der Waals surface area contributed by atoms with E-state index in [-0.39, 0.29) is 17.7 Å². The average Bonchev–Trinajstić information content (AvgIpc) is 2.82. The summed E-state index contributed by atoms with van der Waals surface area (Å²) in [5, 5.41) is 5.70. The van der Waals surface area contributed by atoms with E-state index in [4.69, 9.17) is 4.74 Å². The largest absolute Gasteiger partial charge is 0.497 e. The van der Waals surface area contributed by atoms with Crippen molar-refractivity contribution < 1.29 is 19.1 Å². The van der Waals surface area contributed by atoms with Crippen LogP contribution in [0.15, 0.2) is 48.5 Å². The zero-order chi connectivity index (χ0) is 24.4. The predicted molar refractivity (Wildman–Crippen MR) is 131 cm³/mol. The Bertz CT molecular complexity index is 935. The van der Waals surface area contributed by atoms with E-state index in [9.17, 15) is 14.4 Å². The van der Waals surface area contributed by atoms with Crippen LogP contribution in [0.2, 0.25) is 0 Å². The quantitative estimate of drug-likeness (QED) is 0.529. The maximum atomic E-state index is 13.2. The maximum Gasteiger partial charge on any atom is 0.255 e. The minimum atomic E-state index is -0.652. The van der Waals surface area contributed by atoms with E-state index in [1.807, 2.05) is 32.6 Å². The Morgan fingerprint density at radius 2 is 1.52 bits per heavy atom. The Morgan fingerprint density at radius 3 is 2.06 bits per heavy atom. The SMILES string of the molecule is CCCN(CCC)C(=O)[C@H](NC(=O)c1ccccc1NC(=O)c1ccc(OC)cc1)C(C)C. The van der Waals surface area contributed by atoms with Crippen molar-refractivity contribution >= 4 is 23.4 Å². The van der Waals surface area contributed by atoms with Gasteiger partial charge in [0.1, 0.15) is 11.8 Å². The lowest BCUT2D eigenvalue weighted by atomic mass is 10.0. The number of benzene rings is 2. The molecule has 2 aromatic carbocycles. The normalized spacial score (nSPS) is 11.6. The Hall–Kier alpha value is -3.35. The van der Waals surface area contributed by atoms with Gasteiger partial charge >= 0.3 is 0 Å². The van der Waals surface area contributed by atoms with Gasteiger partial charge in [-0.1, -0.05) is 39.8 Å². The summed E-state index contributed by atoms with van der Waals surface area (Å²) in [5.41, 5.74) is 1.12. The summed E-state index contributed by atoms with van der Waals surface area (Å²) in [6.07, 6.45) is 1.70. The van der Waals surface area contributed by atoms with Gasteiger partial charge in [0.05, 0.1) is 18.4 Å². The fraction of sp³-hybridized carbons (Fsp3) is 0.423. The van der Waals surface area contributed by atoms with E-state index in [1.54, 1.807) is 55.6 Å². The van der Waals surface area contributed by atoms with Gasteiger partial charge in [0, 0.05) is 18.7 Å². The summed E-state index contributed by atoms with van der Waals surface area (Å²) in [6.45, 7) is 9.19. The van der Waals surface area contributed by atoms with Gasteiger partial charge < -0.3 is 20.3 Å². The second kappa shape index (κ2) is 12.6. The molecule has 3 amide bonds. The number of anilines is 1. The van der Waals surface area contributed by atoms with Crippen molar-refractivity contribution in [2.24, 2.45) is 5.92 Å². The first kappa shape index (κ1) is 25.9. The topological polar surface area (TPSA) is 87.7 Å². The minimum Gasteiger partial charge on any atom is -0.497 e. The number of amides is 3. The molecule has 2 N–H and O–H groups in total. The number of methoxy groups -OCH3 is 1. The highest BCUT2D eigenvalue weighted by Crippen LogP contribution is 2.19. The molecular formula is C26H35N3O4. The molecule has 178 valence electrons. The summed E-state index contributed by atoms with van der Waals surface area (Å²) < 4.78 is 5.12. The average molecular weight is 454 g/mol. The molecule has 0 aliphatic carbocycles. The first-order valence-electron chi connectivity index (χ1n) is 11.5. The molecule has 7 heteroatoms. The molecule has 2 rings (SSSR count). The van der Waals surface area contributed by atoms with Gasteiger partial charge in [0.15, 0.2) is 0 Å². The number of para-hydroxylation sites is 1. The first-order chi connectivity index (χ1) is 15.8. The maximum absolute atomic E-state index is 13.2. The number of nitrogens with one attached hydrogen (secondary N) is 2. The number of hydrogen-bond acceptors (Lipinski definition) is 4. The molecule has 0 bridgehead atoms. The zero-order valence-corrected chi connectivity index (χ0v) is 20.2. The molecule has 0 aromatic heterocycles. The standard InChI is InChI=1S/C26H35N3O4/c1-6-16-29(17-7-2)26(32)23(18(3)4)28-25(31)21-10-8-9-11-22(21)27-24(30)19-12-14-20(33-5)15-13-19/h8-15,18,23H,6-7,16-17H2,1-5H3,(H,27,30)(H,28,31)/t23-/m1/s1. The van der Waals surface area contributed by atoms with Crippen LogP contribution >= 0.6 is 0 Å².